The molecule has 0 spiro atoms. The lowest BCUT2D eigenvalue weighted by Crippen LogP contribution is -2.39. The maximum Gasteiger partial charge on any atom is 0.410 e. The zero-order valence-corrected chi connectivity index (χ0v) is 15.1. The second kappa shape index (κ2) is 6.77. The first kappa shape index (κ1) is 17.6. The maximum absolute atomic E-state index is 12.2. The average molecular weight is 310 g/mol. The van der Waals surface area contributed by atoms with Crippen LogP contribution in [0.2, 0.25) is 0 Å². The lowest BCUT2D eigenvalue weighted by atomic mass is 9.92. The Balaban J connectivity index is 1.76. The van der Waals surface area contributed by atoms with Crippen LogP contribution in [0.25, 0.3) is 0 Å². The van der Waals surface area contributed by atoms with Gasteiger partial charge < -0.3 is 15.0 Å². The summed E-state index contributed by atoms with van der Waals surface area (Å²) in [5.41, 5.74) is 0.147. The fourth-order valence-corrected chi connectivity index (χ4v) is 3.28. The van der Waals surface area contributed by atoms with Gasteiger partial charge in [0.15, 0.2) is 0 Å². The molecule has 4 nitrogen and oxygen atoms in total. The van der Waals surface area contributed by atoms with Crippen molar-refractivity contribution in [1.82, 2.24) is 10.2 Å². The number of hydrogen-bond donors (Lipinski definition) is 1. The van der Waals surface area contributed by atoms with Gasteiger partial charge in [-0.05, 0) is 64.2 Å². The summed E-state index contributed by atoms with van der Waals surface area (Å²) in [6.07, 6.45) is 5.84. The van der Waals surface area contributed by atoms with Gasteiger partial charge in [0, 0.05) is 25.7 Å². The molecule has 1 atom stereocenters. The van der Waals surface area contributed by atoms with E-state index in [0.717, 1.165) is 44.8 Å². The second-order valence-corrected chi connectivity index (χ2v) is 8.49. The van der Waals surface area contributed by atoms with Crippen LogP contribution in [0, 0.1) is 11.3 Å². The van der Waals surface area contributed by atoms with Crippen molar-refractivity contribution in [1.29, 1.82) is 0 Å². The predicted molar refractivity (Wildman–Crippen MR) is 90.0 cm³/mol. The molecule has 4 heteroatoms. The van der Waals surface area contributed by atoms with Crippen molar-refractivity contribution >= 4 is 6.09 Å². The van der Waals surface area contributed by atoms with Crippen LogP contribution in [0.1, 0.15) is 66.7 Å². The van der Waals surface area contributed by atoms with E-state index in [1.54, 1.807) is 0 Å². The molecule has 2 fully saturated rings. The largest absolute Gasteiger partial charge is 0.444 e. The van der Waals surface area contributed by atoms with Crippen molar-refractivity contribution in [2.24, 2.45) is 11.3 Å². The summed E-state index contributed by atoms with van der Waals surface area (Å²) in [6.45, 7) is 13.2. The average Bonchev–Trinajstić information content (AvgIpc) is 3.19. The molecule has 128 valence electrons. The number of hydrogen-bond acceptors (Lipinski definition) is 3. The Hall–Kier alpha value is -0.770. The molecule has 0 aromatic heterocycles. The van der Waals surface area contributed by atoms with Crippen LogP contribution in [-0.2, 0) is 4.74 Å². The molecule has 1 aliphatic heterocycles. The van der Waals surface area contributed by atoms with E-state index in [1.807, 2.05) is 25.7 Å². The first-order valence-corrected chi connectivity index (χ1v) is 8.93. The van der Waals surface area contributed by atoms with Crippen molar-refractivity contribution < 1.29 is 9.53 Å². The topological polar surface area (TPSA) is 41.6 Å². The van der Waals surface area contributed by atoms with Gasteiger partial charge in [-0.25, -0.2) is 4.79 Å². The number of ether oxygens (including phenoxy) is 1. The highest BCUT2D eigenvalue weighted by Gasteiger charge is 2.45. The van der Waals surface area contributed by atoms with Crippen molar-refractivity contribution in [3.8, 4) is 0 Å². The Kier molecular flexibility index (Phi) is 5.41. The minimum atomic E-state index is -0.406. The fourth-order valence-electron chi connectivity index (χ4n) is 3.28. The number of carbonyl (C=O) groups is 1. The third-order valence-electron chi connectivity index (χ3n) is 5.24. The fraction of sp³-hybridized carbons (Fsp3) is 0.944. The molecule has 1 unspecified atom stereocenters. The molecule has 1 saturated heterocycles. The zero-order valence-electron chi connectivity index (χ0n) is 15.1. The van der Waals surface area contributed by atoms with Crippen LogP contribution in [0.3, 0.4) is 0 Å². The minimum Gasteiger partial charge on any atom is -0.444 e. The van der Waals surface area contributed by atoms with Crippen LogP contribution < -0.4 is 5.32 Å². The van der Waals surface area contributed by atoms with Gasteiger partial charge >= 0.3 is 6.09 Å². The first-order valence-electron chi connectivity index (χ1n) is 8.93. The Morgan fingerprint density at radius 3 is 2.50 bits per heavy atom. The first-order chi connectivity index (χ1) is 10.2. The van der Waals surface area contributed by atoms with E-state index in [4.69, 9.17) is 4.74 Å². The molecule has 0 bridgehead atoms. The zero-order chi connectivity index (χ0) is 16.4. The van der Waals surface area contributed by atoms with Crippen molar-refractivity contribution in [3.63, 3.8) is 0 Å². The molecule has 0 aromatic rings. The normalized spacial score (nSPS) is 25.0. The highest BCUT2D eigenvalue weighted by atomic mass is 16.6. The molecule has 1 aliphatic carbocycles. The molecule has 22 heavy (non-hydrogen) atoms. The SMILES string of the molecule is CC(C)C1(CNC2CCCN(C(=O)OC(C)(C)C)CC2)CC1. The van der Waals surface area contributed by atoms with Gasteiger partial charge in [0.25, 0.3) is 0 Å². The summed E-state index contributed by atoms with van der Waals surface area (Å²) in [4.78, 5) is 14.1. The Morgan fingerprint density at radius 2 is 1.95 bits per heavy atom. The van der Waals surface area contributed by atoms with E-state index in [2.05, 4.69) is 19.2 Å². The standard InChI is InChI=1S/C18H34N2O2/c1-14(2)18(9-10-18)13-19-15-7-6-11-20(12-8-15)16(21)22-17(3,4)5/h14-15,19H,6-13H2,1-5H3. The summed E-state index contributed by atoms with van der Waals surface area (Å²) >= 11 is 0. The highest BCUT2D eigenvalue weighted by molar-refractivity contribution is 5.68. The molecule has 1 saturated carbocycles. The summed E-state index contributed by atoms with van der Waals surface area (Å²) in [5.74, 6) is 0.768. The predicted octanol–water partition coefficient (Wildman–Crippen LogP) is 3.80. The highest BCUT2D eigenvalue weighted by Crippen LogP contribution is 2.51. The van der Waals surface area contributed by atoms with Gasteiger partial charge in [0.1, 0.15) is 5.60 Å². The monoisotopic (exact) mass is 310 g/mol. The Labute approximate surface area is 136 Å². The molecule has 1 heterocycles. The molecule has 1 amide bonds. The lowest BCUT2D eigenvalue weighted by Gasteiger charge is -2.27. The molecule has 2 aliphatic rings. The van der Waals surface area contributed by atoms with Gasteiger partial charge in [-0.2, -0.15) is 0 Å². The lowest BCUT2D eigenvalue weighted by molar-refractivity contribution is 0.0256. The Bertz CT molecular complexity index is 383. The maximum atomic E-state index is 12.2. The van der Waals surface area contributed by atoms with E-state index >= 15 is 0 Å². The number of likely N-dealkylation sites (tertiary alicyclic amines) is 1. The summed E-state index contributed by atoms with van der Waals surface area (Å²) in [6, 6.07) is 0.545. The molecule has 0 radical (unpaired) electrons. The van der Waals surface area contributed by atoms with Gasteiger partial charge in [-0.15, -0.1) is 0 Å². The number of carbonyl (C=O) groups excluding carboxylic acids is 1. The quantitative estimate of drug-likeness (QED) is 0.858. The molecular weight excluding hydrogens is 276 g/mol. The third kappa shape index (κ3) is 4.87. The molecular formula is C18H34N2O2. The Morgan fingerprint density at radius 1 is 1.27 bits per heavy atom. The van der Waals surface area contributed by atoms with Gasteiger partial charge in [-0.3, -0.25) is 0 Å². The van der Waals surface area contributed by atoms with E-state index in [0.29, 0.717) is 11.5 Å². The molecule has 1 N–H and O–H groups in total. The second-order valence-electron chi connectivity index (χ2n) is 8.49. The molecule has 2 rings (SSSR count). The summed E-state index contributed by atoms with van der Waals surface area (Å²) in [7, 11) is 0. The van der Waals surface area contributed by atoms with Crippen LogP contribution in [0.5, 0.6) is 0 Å². The van der Waals surface area contributed by atoms with E-state index < -0.39 is 5.60 Å². The van der Waals surface area contributed by atoms with E-state index in [1.165, 1.54) is 12.8 Å². The number of nitrogens with one attached hydrogen (secondary N) is 1. The van der Waals surface area contributed by atoms with Gasteiger partial charge in [0.2, 0.25) is 0 Å². The van der Waals surface area contributed by atoms with Crippen LogP contribution >= 0.6 is 0 Å². The number of nitrogens with zero attached hydrogens (tertiary/aromatic N) is 1. The summed E-state index contributed by atoms with van der Waals surface area (Å²) < 4.78 is 5.49. The minimum absolute atomic E-state index is 0.158. The van der Waals surface area contributed by atoms with E-state index in [9.17, 15) is 4.79 Å². The van der Waals surface area contributed by atoms with Crippen molar-refractivity contribution in [2.75, 3.05) is 19.6 Å². The van der Waals surface area contributed by atoms with Crippen molar-refractivity contribution in [3.05, 3.63) is 0 Å². The van der Waals surface area contributed by atoms with Crippen molar-refractivity contribution in [2.45, 2.75) is 78.4 Å². The molecule has 0 aromatic carbocycles. The van der Waals surface area contributed by atoms with Gasteiger partial charge in [0.05, 0.1) is 0 Å². The van der Waals surface area contributed by atoms with Crippen LogP contribution in [0.4, 0.5) is 4.79 Å². The van der Waals surface area contributed by atoms with Crippen LogP contribution in [-0.4, -0.2) is 42.3 Å². The van der Waals surface area contributed by atoms with E-state index in [-0.39, 0.29) is 6.09 Å². The van der Waals surface area contributed by atoms with Gasteiger partial charge in [-0.1, -0.05) is 13.8 Å². The number of amides is 1. The third-order valence-corrected chi connectivity index (χ3v) is 5.24. The smallest absolute Gasteiger partial charge is 0.410 e. The van der Waals surface area contributed by atoms with Crippen LogP contribution in [0.15, 0.2) is 0 Å². The number of rotatable bonds is 4. The summed E-state index contributed by atoms with van der Waals surface area (Å²) in [5, 5.41) is 3.77.